The molecule has 0 fully saturated rings. The molecule has 0 saturated carbocycles. The molecule has 7 nitrogen and oxygen atoms in total. The van der Waals surface area contributed by atoms with Gasteiger partial charge >= 0.3 is 0 Å². The number of carbonyl (C=O) groups is 3. The third-order valence-electron chi connectivity index (χ3n) is 3.62. The molecule has 1 atom stereocenters. The van der Waals surface area contributed by atoms with Gasteiger partial charge in [0.1, 0.15) is 0 Å². The number of anilines is 1. The summed E-state index contributed by atoms with van der Waals surface area (Å²) in [6.07, 6.45) is 4.25. The predicted octanol–water partition coefficient (Wildman–Crippen LogP) is 0.806. The van der Waals surface area contributed by atoms with Crippen LogP contribution in [0.1, 0.15) is 44.1 Å². The topological polar surface area (TPSA) is 141 Å². The maximum atomic E-state index is 12.0. The lowest BCUT2D eigenvalue weighted by atomic mass is 10.1. The fraction of sp³-hybridized carbons (Fsp3) is 0.471. The highest BCUT2D eigenvalue weighted by Gasteiger charge is 2.14. The minimum Gasteiger partial charge on any atom is -0.370 e. The lowest BCUT2D eigenvalue weighted by Crippen LogP contribution is -2.36. The standard InChI is InChI=1S/C17H26N4O3/c18-14(9-10-16(20)23)17(24)21-13-7-4-6-12(11-13)5-2-1-3-8-15(19)22/h4,6-7,11,14H,1-3,5,8-10,18H2,(H2,19,22)(H2,20,23)(H,21,24). The van der Waals surface area contributed by atoms with Gasteiger partial charge in [-0.2, -0.15) is 0 Å². The second kappa shape index (κ2) is 10.4. The van der Waals surface area contributed by atoms with Crippen LogP contribution in [0.25, 0.3) is 0 Å². The van der Waals surface area contributed by atoms with Crippen molar-refractivity contribution in [2.45, 2.75) is 51.0 Å². The SMILES string of the molecule is NC(=O)CCCCCc1cccc(NC(=O)C(N)CCC(N)=O)c1. The van der Waals surface area contributed by atoms with Gasteiger partial charge in [0, 0.05) is 18.5 Å². The number of benzene rings is 1. The molecule has 7 heteroatoms. The van der Waals surface area contributed by atoms with E-state index in [0.717, 1.165) is 31.2 Å². The molecule has 1 aromatic rings. The molecule has 132 valence electrons. The van der Waals surface area contributed by atoms with Gasteiger partial charge in [0.05, 0.1) is 6.04 Å². The van der Waals surface area contributed by atoms with Crippen LogP contribution in [0.5, 0.6) is 0 Å². The van der Waals surface area contributed by atoms with Crippen molar-refractivity contribution in [3.63, 3.8) is 0 Å². The number of primary amides is 2. The van der Waals surface area contributed by atoms with Crippen LogP contribution in [-0.4, -0.2) is 23.8 Å². The summed E-state index contributed by atoms with van der Waals surface area (Å²) in [5, 5.41) is 2.75. The van der Waals surface area contributed by atoms with Crippen LogP contribution >= 0.6 is 0 Å². The quantitative estimate of drug-likeness (QED) is 0.444. The number of hydrogen-bond donors (Lipinski definition) is 4. The average Bonchev–Trinajstić information content (AvgIpc) is 2.52. The van der Waals surface area contributed by atoms with Crippen molar-refractivity contribution in [1.29, 1.82) is 0 Å². The molecule has 0 aromatic heterocycles. The van der Waals surface area contributed by atoms with E-state index in [9.17, 15) is 14.4 Å². The summed E-state index contributed by atoms with van der Waals surface area (Å²) in [4.78, 5) is 33.4. The summed E-state index contributed by atoms with van der Waals surface area (Å²) < 4.78 is 0. The highest BCUT2D eigenvalue weighted by atomic mass is 16.2. The van der Waals surface area contributed by atoms with Crippen LogP contribution in [0.15, 0.2) is 24.3 Å². The number of nitrogens with one attached hydrogen (secondary N) is 1. The van der Waals surface area contributed by atoms with E-state index in [0.29, 0.717) is 12.1 Å². The fourth-order valence-corrected chi connectivity index (χ4v) is 2.27. The molecule has 0 saturated heterocycles. The number of unbranched alkanes of at least 4 members (excludes halogenated alkanes) is 2. The molecule has 0 aliphatic heterocycles. The number of nitrogens with two attached hydrogens (primary N) is 3. The molecular weight excluding hydrogens is 308 g/mol. The zero-order valence-corrected chi connectivity index (χ0v) is 13.8. The van der Waals surface area contributed by atoms with E-state index in [-0.39, 0.29) is 24.7 Å². The summed E-state index contributed by atoms with van der Waals surface area (Å²) >= 11 is 0. The van der Waals surface area contributed by atoms with Crippen molar-refractivity contribution in [2.75, 3.05) is 5.32 Å². The lowest BCUT2D eigenvalue weighted by Gasteiger charge is -2.12. The number of carbonyl (C=O) groups excluding carboxylic acids is 3. The number of amides is 3. The number of hydrogen-bond acceptors (Lipinski definition) is 4. The van der Waals surface area contributed by atoms with E-state index in [2.05, 4.69) is 5.32 Å². The molecule has 0 spiro atoms. The van der Waals surface area contributed by atoms with Gasteiger partial charge in [-0.3, -0.25) is 14.4 Å². The Kier molecular flexibility index (Phi) is 8.49. The molecule has 0 heterocycles. The van der Waals surface area contributed by atoms with Gasteiger partial charge < -0.3 is 22.5 Å². The summed E-state index contributed by atoms with van der Waals surface area (Å²) in [5.41, 5.74) is 17.6. The first-order valence-corrected chi connectivity index (χ1v) is 8.10. The Labute approximate surface area is 141 Å². The zero-order valence-electron chi connectivity index (χ0n) is 13.8. The molecule has 1 unspecified atom stereocenters. The van der Waals surface area contributed by atoms with Gasteiger partial charge in [-0.25, -0.2) is 0 Å². The summed E-state index contributed by atoms with van der Waals surface area (Å²) in [7, 11) is 0. The molecule has 0 bridgehead atoms. The molecular formula is C17H26N4O3. The Bertz CT molecular complexity index is 575. The molecule has 7 N–H and O–H groups in total. The highest BCUT2D eigenvalue weighted by molar-refractivity contribution is 5.95. The van der Waals surface area contributed by atoms with E-state index in [4.69, 9.17) is 17.2 Å². The van der Waals surface area contributed by atoms with Crippen molar-refractivity contribution >= 4 is 23.4 Å². The Morgan fingerprint density at radius 1 is 1.00 bits per heavy atom. The largest absolute Gasteiger partial charge is 0.370 e. The van der Waals surface area contributed by atoms with E-state index in [1.165, 1.54) is 0 Å². The maximum Gasteiger partial charge on any atom is 0.241 e. The summed E-state index contributed by atoms with van der Waals surface area (Å²) in [6, 6.07) is 6.76. The first kappa shape index (κ1) is 19.6. The molecule has 3 amide bonds. The third kappa shape index (κ3) is 8.28. The Morgan fingerprint density at radius 2 is 1.71 bits per heavy atom. The van der Waals surface area contributed by atoms with Gasteiger partial charge in [-0.1, -0.05) is 18.6 Å². The van der Waals surface area contributed by atoms with Crippen molar-refractivity contribution in [3.8, 4) is 0 Å². The van der Waals surface area contributed by atoms with Crippen LogP contribution in [0.4, 0.5) is 5.69 Å². The molecule has 24 heavy (non-hydrogen) atoms. The van der Waals surface area contributed by atoms with E-state index in [1.807, 2.05) is 18.2 Å². The normalized spacial score (nSPS) is 11.7. The molecule has 0 aliphatic carbocycles. The molecule has 1 aromatic carbocycles. The number of aryl methyl sites for hydroxylation is 1. The fourth-order valence-electron chi connectivity index (χ4n) is 2.27. The first-order valence-electron chi connectivity index (χ1n) is 8.10. The third-order valence-corrected chi connectivity index (χ3v) is 3.62. The van der Waals surface area contributed by atoms with Gasteiger partial charge in [-0.05, 0) is 43.4 Å². The Balaban J connectivity index is 2.42. The van der Waals surface area contributed by atoms with Crippen molar-refractivity contribution in [1.82, 2.24) is 0 Å². The van der Waals surface area contributed by atoms with Crippen LogP contribution < -0.4 is 22.5 Å². The van der Waals surface area contributed by atoms with Gasteiger partial charge in [0.2, 0.25) is 17.7 Å². The highest BCUT2D eigenvalue weighted by Crippen LogP contribution is 2.14. The Morgan fingerprint density at radius 3 is 2.38 bits per heavy atom. The van der Waals surface area contributed by atoms with Crippen molar-refractivity contribution in [3.05, 3.63) is 29.8 Å². The zero-order chi connectivity index (χ0) is 17.9. The van der Waals surface area contributed by atoms with Gasteiger partial charge in [-0.15, -0.1) is 0 Å². The van der Waals surface area contributed by atoms with Gasteiger partial charge in [0.25, 0.3) is 0 Å². The van der Waals surface area contributed by atoms with Crippen LogP contribution in [-0.2, 0) is 20.8 Å². The minimum absolute atomic E-state index is 0.0833. The molecule has 1 rings (SSSR count). The Hall–Kier alpha value is -2.41. The molecule has 0 aliphatic rings. The summed E-state index contributed by atoms with van der Waals surface area (Å²) in [6.45, 7) is 0. The second-order valence-corrected chi connectivity index (χ2v) is 5.83. The van der Waals surface area contributed by atoms with Crippen molar-refractivity contribution in [2.24, 2.45) is 17.2 Å². The maximum absolute atomic E-state index is 12.0. The van der Waals surface area contributed by atoms with Crippen LogP contribution in [0.3, 0.4) is 0 Å². The monoisotopic (exact) mass is 334 g/mol. The lowest BCUT2D eigenvalue weighted by molar-refractivity contribution is -0.120. The minimum atomic E-state index is -0.769. The molecule has 0 radical (unpaired) electrons. The van der Waals surface area contributed by atoms with Crippen molar-refractivity contribution < 1.29 is 14.4 Å². The second-order valence-electron chi connectivity index (χ2n) is 5.83. The van der Waals surface area contributed by atoms with E-state index < -0.39 is 11.9 Å². The number of rotatable bonds is 11. The first-order chi connectivity index (χ1) is 11.4. The summed E-state index contributed by atoms with van der Waals surface area (Å²) in [5.74, 6) is -1.08. The predicted molar refractivity (Wildman–Crippen MR) is 92.8 cm³/mol. The van der Waals surface area contributed by atoms with Crippen LogP contribution in [0, 0.1) is 0 Å². The van der Waals surface area contributed by atoms with E-state index >= 15 is 0 Å². The van der Waals surface area contributed by atoms with E-state index in [1.54, 1.807) is 6.07 Å². The van der Waals surface area contributed by atoms with Gasteiger partial charge in [0.15, 0.2) is 0 Å². The van der Waals surface area contributed by atoms with Crippen LogP contribution in [0.2, 0.25) is 0 Å². The smallest absolute Gasteiger partial charge is 0.241 e. The average molecular weight is 334 g/mol.